The first-order valence-electron chi connectivity index (χ1n) is 8.04. The largest absolute Gasteiger partial charge is 0.492 e. The standard InChI is InChI=1S/C17H18FN3O6S/c1-28(25,26)20(14-3-2-4-15(11-14)21(23)24)12-17(22)19-9-10-27-16-7-5-13(18)6-8-16/h2-8,11H,9-10,12H2,1H3,(H,19,22). The molecular formula is C17H18FN3O6S. The van der Waals surface area contributed by atoms with Crippen molar-refractivity contribution >= 4 is 27.3 Å². The van der Waals surface area contributed by atoms with Gasteiger partial charge in [-0.25, -0.2) is 12.8 Å². The molecule has 9 nitrogen and oxygen atoms in total. The normalized spacial score (nSPS) is 10.9. The van der Waals surface area contributed by atoms with Gasteiger partial charge in [0.15, 0.2) is 0 Å². The van der Waals surface area contributed by atoms with Crippen LogP contribution in [-0.2, 0) is 14.8 Å². The van der Waals surface area contributed by atoms with Crippen LogP contribution in [0.3, 0.4) is 0 Å². The lowest BCUT2D eigenvalue weighted by Crippen LogP contribution is -2.41. The minimum Gasteiger partial charge on any atom is -0.492 e. The van der Waals surface area contributed by atoms with Crippen molar-refractivity contribution in [3.63, 3.8) is 0 Å². The van der Waals surface area contributed by atoms with E-state index in [0.29, 0.717) is 5.75 Å². The number of sulfonamides is 1. The molecule has 1 N–H and O–H groups in total. The number of nitrogens with one attached hydrogen (secondary N) is 1. The van der Waals surface area contributed by atoms with E-state index in [1.165, 1.54) is 42.5 Å². The highest BCUT2D eigenvalue weighted by atomic mass is 32.2. The van der Waals surface area contributed by atoms with E-state index < -0.39 is 33.2 Å². The molecule has 0 fully saturated rings. The molecule has 0 aliphatic carbocycles. The molecule has 0 heterocycles. The Labute approximate surface area is 160 Å². The molecule has 2 aromatic rings. The molecule has 0 spiro atoms. The zero-order valence-electron chi connectivity index (χ0n) is 14.9. The van der Waals surface area contributed by atoms with Crippen molar-refractivity contribution < 1.29 is 27.3 Å². The summed E-state index contributed by atoms with van der Waals surface area (Å²) in [6.45, 7) is -0.369. The summed E-state index contributed by atoms with van der Waals surface area (Å²) in [7, 11) is -3.85. The van der Waals surface area contributed by atoms with Crippen molar-refractivity contribution in [1.82, 2.24) is 5.32 Å². The Morgan fingerprint density at radius 3 is 2.54 bits per heavy atom. The summed E-state index contributed by atoms with van der Waals surface area (Å²) in [5, 5.41) is 13.4. The summed E-state index contributed by atoms with van der Waals surface area (Å²) in [6.07, 6.45) is 0.900. The molecule has 2 rings (SSSR count). The number of nitro groups is 1. The predicted molar refractivity (Wildman–Crippen MR) is 100 cm³/mol. The smallest absolute Gasteiger partial charge is 0.271 e. The Morgan fingerprint density at radius 1 is 1.25 bits per heavy atom. The van der Waals surface area contributed by atoms with Crippen LogP contribution >= 0.6 is 0 Å². The van der Waals surface area contributed by atoms with Gasteiger partial charge in [-0.15, -0.1) is 0 Å². The first kappa shape index (κ1) is 21.1. The molecular weight excluding hydrogens is 393 g/mol. The van der Waals surface area contributed by atoms with E-state index >= 15 is 0 Å². The number of amides is 1. The van der Waals surface area contributed by atoms with E-state index in [0.717, 1.165) is 16.6 Å². The average molecular weight is 411 g/mol. The maximum Gasteiger partial charge on any atom is 0.271 e. The molecule has 0 saturated carbocycles. The first-order chi connectivity index (χ1) is 13.2. The lowest BCUT2D eigenvalue weighted by Gasteiger charge is -2.21. The van der Waals surface area contributed by atoms with Crippen molar-refractivity contribution in [3.05, 3.63) is 64.5 Å². The molecule has 0 unspecified atom stereocenters. The van der Waals surface area contributed by atoms with E-state index in [2.05, 4.69) is 5.32 Å². The van der Waals surface area contributed by atoms with E-state index in [-0.39, 0.29) is 24.5 Å². The van der Waals surface area contributed by atoms with Gasteiger partial charge in [0.05, 0.1) is 23.4 Å². The average Bonchev–Trinajstić information content (AvgIpc) is 2.64. The number of hydrogen-bond acceptors (Lipinski definition) is 6. The van der Waals surface area contributed by atoms with E-state index in [1.807, 2.05) is 0 Å². The number of nitro benzene ring substituents is 1. The number of halogens is 1. The first-order valence-corrected chi connectivity index (χ1v) is 9.89. The highest BCUT2D eigenvalue weighted by Gasteiger charge is 2.22. The van der Waals surface area contributed by atoms with Crippen LogP contribution < -0.4 is 14.4 Å². The minimum absolute atomic E-state index is 0.00871. The third kappa shape index (κ3) is 6.20. The number of ether oxygens (including phenoxy) is 1. The molecule has 0 aliphatic rings. The number of anilines is 1. The van der Waals surface area contributed by atoms with Crippen LogP contribution in [0.4, 0.5) is 15.8 Å². The molecule has 11 heteroatoms. The maximum absolute atomic E-state index is 12.8. The van der Waals surface area contributed by atoms with Crippen molar-refractivity contribution in [2.45, 2.75) is 0 Å². The highest BCUT2D eigenvalue weighted by molar-refractivity contribution is 7.92. The minimum atomic E-state index is -3.85. The second-order valence-electron chi connectivity index (χ2n) is 5.70. The van der Waals surface area contributed by atoms with Gasteiger partial charge in [0.2, 0.25) is 15.9 Å². The second kappa shape index (κ2) is 9.13. The highest BCUT2D eigenvalue weighted by Crippen LogP contribution is 2.22. The quantitative estimate of drug-likeness (QED) is 0.381. The SMILES string of the molecule is CS(=O)(=O)N(CC(=O)NCCOc1ccc(F)cc1)c1cccc([N+](=O)[O-])c1. The third-order valence-electron chi connectivity index (χ3n) is 3.52. The fourth-order valence-corrected chi connectivity index (χ4v) is 3.09. The molecule has 1 amide bonds. The number of carbonyl (C=O) groups excluding carboxylic acids is 1. The van der Waals surface area contributed by atoms with Gasteiger partial charge in [0.1, 0.15) is 24.7 Å². The van der Waals surface area contributed by atoms with E-state index in [1.54, 1.807) is 0 Å². The van der Waals surface area contributed by atoms with Crippen LogP contribution in [0, 0.1) is 15.9 Å². The van der Waals surface area contributed by atoms with Gasteiger partial charge in [-0.05, 0) is 30.3 Å². The van der Waals surface area contributed by atoms with Crippen molar-refractivity contribution in [2.75, 3.05) is 30.3 Å². The molecule has 0 bridgehead atoms. The molecule has 28 heavy (non-hydrogen) atoms. The van der Waals surface area contributed by atoms with Crippen molar-refractivity contribution in [2.24, 2.45) is 0 Å². The molecule has 0 atom stereocenters. The molecule has 0 aromatic heterocycles. The lowest BCUT2D eigenvalue weighted by molar-refractivity contribution is -0.384. The Morgan fingerprint density at radius 2 is 1.93 bits per heavy atom. The number of carbonyl (C=O) groups is 1. The van der Waals surface area contributed by atoms with E-state index in [4.69, 9.17) is 4.74 Å². The number of benzene rings is 2. The summed E-state index contributed by atoms with van der Waals surface area (Å²) in [5.74, 6) is -0.590. The molecule has 0 saturated heterocycles. The second-order valence-corrected chi connectivity index (χ2v) is 7.61. The van der Waals surface area contributed by atoms with Gasteiger partial charge in [-0.1, -0.05) is 6.07 Å². The number of nitrogens with zero attached hydrogens (tertiary/aromatic N) is 2. The molecule has 0 aliphatic heterocycles. The van der Waals surface area contributed by atoms with Crippen LogP contribution in [0.1, 0.15) is 0 Å². The van der Waals surface area contributed by atoms with Gasteiger partial charge in [-0.3, -0.25) is 19.2 Å². The summed E-state index contributed by atoms with van der Waals surface area (Å²) < 4.78 is 42.9. The Hall–Kier alpha value is -3.21. The lowest BCUT2D eigenvalue weighted by atomic mass is 10.3. The third-order valence-corrected chi connectivity index (χ3v) is 4.66. The predicted octanol–water partition coefficient (Wildman–Crippen LogP) is 1.70. The summed E-state index contributed by atoms with van der Waals surface area (Å²) >= 11 is 0. The molecule has 0 radical (unpaired) electrons. The summed E-state index contributed by atoms with van der Waals surface area (Å²) in [5.41, 5.74) is -0.284. The topological polar surface area (TPSA) is 119 Å². The summed E-state index contributed by atoms with van der Waals surface area (Å²) in [4.78, 5) is 22.3. The molecule has 150 valence electrons. The van der Waals surface area contributed by atoms with Crippen LogP contribution in [0.2, 0.25) is 0 Å². The number of hydrogen-bond donors (Lipinski definition) is 1. The fourth-order valence-electron chi connectivity index (χ4n) is 2.24. The number of non-ortho nitro benzene ring substituents is 1. The van der Waals surface area contributed by atoms with Gasteiger partial charge >= 0.3 is 0 Å². The summed E-state index contributed by atoms with van der Waals surface area (Å²) in [6, 6.07) is 10.3. The number of rotatable bonds is 9. The maximum atomic E-state index is 12.8. The van der Waals surface area contributed by atoms with Gasteiger partial charge < -0.3 is 10.1 Å². The monoisotopic (exact) mass is 411 g/mol. The fraction of sp³-hybridized carbons (Fsp3) is 0.235. The van der Waals surface area contributed by atoms with E-state index in [9.17, 15) is 27.7 Å². The van der Waals surface area contributed by atoms with Crippen LogP contribution in [-0.4, -0.2) is 45.2 Å². The van der Waals surface area contributed by atoms with Crippen LogP contribution in [0.5, 0.6) is 5.75 Å². The van der Waals surface area contributed by atoms with Crippen LogP contribution in [0.25, 0.3) is 0 Å². The van der Waals surface area contributed by atoms with Gasteiger partial charge in [0.25, 0.3) is 5.69 Å². The Bertz CT molecular complexity index is 950. The Kier molecular flexibility index (Phi) is 6.88. The van der Waals surface area contributed by atoms with Crippen molar-refractivity contribution in [3.8, 4) is 5.75 Å². The van der Waals surface area contributed by atoms with Crippen LogP contribution in [0.15, 0.2) is 48.5 Å². The zero-order valence-corrected chi connectivity index (χ0v) is 15.7. The Balaban J connectivity index is 1.95. The zero-order chi connectivity index (χ0) is 20.7. The molecule has 2 aromatic carbocycles. The van der Waals surface area contributed by atoms with Crippen molar-refractivity contribution in [1.29, 1.82) is 0 Å². The van der Waals surface area contributed by atoms with Gasteiger partial charge in [-0.2, -0.15) is 0 Å². The van der Waals surface area contributed by atoms with Gasteiger partial charge in [0, 0.05) is 12.1 Å².